The Kier molecular flexibility index (Phi) is 6.85. The summed E-state index contributed by atoms with van der Waals surface area (Å²) in [5.41, 5.74) is -3.27. The molecule has 0 aliphatic rings. The molecule has 0 radical (unpaired) electrons. The zero-order valence-electron chi connectivity index (χ0n) is 18.5. The maximum atomic E-state index is 13.9. The summed E-state index contributed by atoms with van der Waals surface area (Å²) < 4.78 is 94.6. The minimum Gasteiger partial charge on any atom is -0.277 e. The third kappa shape index (κ3) is 5.86. The summed E-state index contributed by atoms with van der Waals surface area (Å²) >= 11 is 0. The van der Waals surface area contributed by atoms with Crippen molar-refractivity contribution in [2.45, 2.75) is 18.9 Å². The van der Waals surface area contributed by atoms with Crippen LogP contribution in [0, 0.1) is 17.7 Å². The summed E-state index contributed by atoms with van der Waals surface area (Å²) in [7, 11) is 0. The molecule has 0 aliphatic carbocycles. The summed E-state index contributed by atoms with van der Waals surface area (Å²) in [4.78, 5) is 12.9. The van der Waals surface area contributed by atoms with Crippen LogP contribution in [0.2, 0.25) is 0 Å². The van der Waals surface area contributed by atoms with E-state index in [4.69, 9.17) is 0 Å². The first-order valence-electron chi connectivity index (χ1n) is 10.5. The van der Waals surface area contributed by atoms with E-state index in [-0.39, 0.29) is 28.6 Å². The number of hydrogen-bond donors (Lipinski definition) is 0. The Morgan fingerprint density at radius 3 is 2.03 bits per heavy atom. The van der Waals surface area contributed by atoms with Crippen molar-refractivity contribution < 1.29 is 35.5 Å². The van der Waals surface area contributed by atoms with Crippen LogP contribution in [0.5, 0.6) is 0 Å². The molecule has 0 fully saturated rings. The Morgan fingerprint density at radius 2 is 1.43 bits per heavy atom. The van der Waals surface area contributed by atoms with Crippen LogP contribution in [0.1, 0.15) is 32.7 Å². The van der Waals surface area contributed by atoms with E-state index in [9.17, 15) is 35.5 Å². The number of Topliss-reactive ketones (excluding diaryl/α,β-unsaturated/α-hetero) is 1. The molecule has 1 aromatic heterocycles. The predicted molar refractivity (Wildman–Crippen MR) is 119 cm³/mol. The van der Waals surface area contributed by atoms with Gasteiger partial charge in [-0.3, -0.25) is 4.79 Å². The topological polar surface area (TPSA) is 47.8 Å². The number of alkyl halides is 6. The molecular weight excluding hydrogens is 503 g/mol. The number of nitrogens with zero attached hydrogens (tertiary/aromatic N) is 3. The fourth-order valence-electron chi connectivity index (χ4n) is 3.49. The molecule has 37 heavy (non-hydrogen) atoms. The lowest BCUT2D eigenvalue weighted by molar-refractivity contribution is -0.143. The van der Waals surface area contributed by atoms with E-state index in [1.165, 1.54) is 18.2 Å². The van der Waals surface area contributed by atoms with Crippen molar-refractivity contribution in [3.63, 3.8) is 0 Å². The van der Waals surface area contributed by atoms with Crippen LogP contribution < -0.4 is 0 Å². The fourth-order valence-corrected chi connectivity index (χ4v) is 3.49. The smallest absolute Gasteiger partial charge is 0.277 e. The van der Waals surface area contributed by atoms with E-state index in [0.29, 0.717) is 17.7 Å². The van der Waals surface area contributed by atoms with Crippen molar-refractivity contribution in [1.82, 2.24) is 15.0 Å². The Hall–Kier alpha value is -4.46. The highest BCUT2D eigenvalue weighted by Crippen LogP contribution is 2.36. The van der Waals surface area contributed by atoms with Gasteiger partial charge in [0.15, 0.2) is 5.69 Å². The van der Waals surface area contributed by atoms with Gasteiger partial charge in [-0.05, 0) is 41.8 Å². The average Bonchev–Trinajstić information content (AvgIpc) is 3.26. The summed E-state index contributed by atoms with van der Waals surface area (Å²) in [5.74, 6) is 3.13. The molecule has 11 heteroatoms. The Labute approximate surface area is 205 Å². The molecule has 0 saturated carbocycles. The number of halogens is 7. The number of benzene rings is 3. The molecule has 0 bridgehead atoms. The molecule has 188 valence electrons. The molecule has 4 nitrogen and oxygen atoms in total. The minimum atomic E-state index is -5.02. The van der Waals surface area contributed by atoms with Crippen molar-refractivity contribution in [1.29, 1.82) is 0 Å². The lowest BCUT2D eigenvalue weighted by atomic mass is 10.0. The second kappa shape index (κ2) is 9.89. The van der Waals surface area contributed by atoms with E-state index in [1.54, 1.807) is 30.3 Å². The molecule has 0 spiro atoms. The number of carbonyl (C=O) groups excluding carboxylic acids is 1. The monoisotopic (exact) mass is 517 g/mol. The van der Waals surface area contributed by atoms with Gasteiger partial charge in [0.05, 0.1) is 23.2 Å². The van der Waals surface area contributed by atoms with Crippen molar-refractivity contribution >= 4 is 5.78 Å². The maximum Gasteiger partial charge on any atom is 0.416 e. The molecule has 0 aliphatic heterocycles. The molecule has 1 heterocycles. The standard InChI is InChI=1S/C26H14F7N3O/c27-21-9-5-4-6-17(21)10-11-22(37)23-24(18-7-2-1-3-8-18)36(35-34-23)15-16-12-19(25(28,29)30)14-20(13-16)26(31,32)33/h1-9,12-14H,15H2. The Bertz CT molecular complexity index is 1480. The van der Waals surface area contributed by atoms with E-state index >= 15 is 0 Å². The van der Waals surface area contributed by atoms with Gasteiger partial charge in [-0.1, -0.05) is 53.6 Å². The lowest BCUT2D eigenvalue weighted by Crippen LogP contribution is -2.13. The van der Waals surface area contributed by atoms with E-state index in [0.717, 1.165) is 10.7 Å². The zero-order chi connectivity index (χ0) is 26.8. The normalized spacial score (nSPS) is 11.6. The fraction of sp³-hybridized carbons (Fsp3) is 0.115. The van der Waals surface area contributed by atoms with E-state index < -0.39 is 41.6 Å². The Balaban J connectivity index is 1.79. The van der Waals surface area contributed by atoms with Crippen LogP contribution in [0.3, 0.4) is 0 Å². The molecule has 0 amide bonds. The quantitative estimate of drug-likeness (QED) is 0.179. The van der Waals surface area contributed by atoms with Crippen LogP contribution in [-0.2, 0) is 18.9 Å². The van der Waals surface area contributed by atoms with Crippen LogP contribution in [0.15, 0.2) is 72.8 Å². The average molecular weight is 517 g/mol. The van der Waals surface area contributed by atoms with Gasteiger partial charge in [0.25, 0.3) is 5.78 Å². The van der Waals surface area contributed by atoms with E-state index in [1.807, 2.05) is 0 Å². The highest BCUT2D eigenvalue weighted by molar-refractivity contribution is 6.11. The first-order valence-corrected chi connectivity index (χ1v) is 10.5. The predicted octanol–water partition coefficient (Wildman–Crippen LogP) is 6.40. The van der Waals surface area contributed by atoms with Gasteiger partial charge < -0.3 is 0 Å². The molecule has 0 unspecified atom stereocenters. The van der Waals surface area contributed by atoms with Crippen LogP contribution in [0.25, 0.3) is 11.3 Å². The van der Waals surface area contributed by atoms with Gasteiger partial charge in [0.1, 0.15) is 11.5 Å². The van der Waals surface area contributed by atoms with Gasteiger partial charge in [0, 0.05) is 5.56 Å². The molecule has 0 atom stereocenters. The van der Waals surface area contributed by atoms with Crippen LogP contribution >= 0.6 is 0 Å². The number of carbonyl (C=O) groups is 1. The van der Waals surface area contributed by atoms with Gasteiger partial charge >= 0.3 is 12.4 Å². The highest BCUT2D eigenvalue weighted by Gasteiger charge is 2.37. The van der Waals surface area contributed by atoms with E-state index in [2.05, 4.69) is 22.2 Å². The minimum absolute atomic E-state index is 0.0240. The lowest BCUT2D eigenvalue weighted by Gasteiger charge is -2.15. The van der Waals surface area contributed by atoms with Gasteiger partial charge in [-0.15, -0.1) is 5.10 Å². The van der Waals surface area contributed by atoms with Crippen molar-refractivity contribution in [3.05, 3.63) is 107 Å². The number of hydrogen-bond acceptors (Lipinski definition) is 3. The van der Waals surface area contributed by atoms with Gasteiger partial charge in [-0.25, -0.2) is 9.07 Å². The largest absolute Gasteiger partial charge is 0.416 e. The third-order valence-corrected chi connectivity index (χ3v) is 5.16. The maximum absolute atomic E-state index is 13.9. The first kappa shape index (κ1) is 25.6. The summed E-state index contributed by atoms with van der Waals surface area (Å²) in [6.45, 7) is -0.557. The zero-order valence-corrected chi connectivity index (χ0v) is 18.5. The molecule has 3 aromatic carbocycles. The molecule has 0 N–H and O–H groups in total. The van der Waals surface area contributed by atoms with Crippen LogP contribution in [0.4, 0.5) is 30.7 Å². The second-order valence-electron chi connectivity index (χ2n) is 7.78. The Morgan fingerprint density at radius 1 is 0.838 bits per heavy atom. The summed E-state index contributed by atoms with van der Waals surface area (Å²) in [6, 6.07) is 14.7. The second-order valence-corrected chi connectivity index (χ2v) is 7.78. The molecule has 0 saturated heterocycles. The molecule has 4 rings (SSSR count). The molecular formula is C26H14F7N3O. The van der Waals surface area contributed by atoms with Gasteiger partial charge in [0.2, 0.25) is 0 Å². The van der Waals surface area contributed by atoms with Crippen molar-refractivity contribution in [2.75, 3.05) is 0 Å². The van der Waals surface area contributed by atoms with Crippen LogP contribution in [-0.4, -0.2) is 20.8 Å². The number of aromatic nitrogens is 3. The SMILES string of the molecule is O=C(C#Cc1ccccc1F)c1nnn(Cc2cc(C(F)(F)F)cc(C(F)(F)F)c2)c1-c1ccccc1. The summed E-state index contributed by atoms with van der Waals surface area (Å²) in [5, 5.41) is 7.60. The van der Waals surface area contributed by atoms with Crippen molar-refractivity contribution in [3.8, 4) is 23.1 Å². The number of ketones is 1. The highest BCUT2D eigenvalue weighted by atomic mass is 19.4. The molecule has 4 aromatic rings. The third-order valence-electron chi connectivity index (χ3n) is 5.16. The first-order chi connectivity index (χ1) is 17.4. The van der Waals surface area contributed by atoms with Gasteiger partial charge in [-0.2, -0.15) is 26.3 Å². The number of rotatable bonds is 4. The summed E-state index contributed by atoms with van der Waals surface area (Å²) in [6.07, 6.45) is -10.0. The van der Waals surface area contributed by atoms with Crippen molar-refractivity contribution in [2.24, 2.45) is 0 Å².